The van der Waals surface area contributed by atoms with Gasteiger partial charge in [0.15, 0.2) is 0 Å². The Morgan fingerprint density at radius 3 is 1.89 bits per heavy atom. The highest BCUT2D eigenvalue weighted by atomic mass is 35.5. The van der Waals surface area contributed by atoms with E-state index in [2.05, 4.69) is 0 Å². The van der Waals surface area contributed by atoms with Gasteiger partial charge in [0.25, 0.3) is 0 Å². The standard InChI is InChI=1S/C12H6Cl4O2S/c13-7-2-1-3-8(4-7)19(17,18)9-5-10(14)12(16)11(15)6-9/h1-6H. The Morgan fingerprint density at radius 2 is 1.37 bits per heavy atom. The zero-order chi connectivity index (χ0) is 14.2. The van der Waals surface area contributed by atoms with E-state index < -0.39 is 9.84 Å². The van der Waals surface area contributed by atoms with Gasteiger partial charge in [-0.3, -0.25) is 0 Å². The topological polar surface area (TPSA) is 34.1 Å². The Hall–Kier alpha value is -0.450. The van der Waals surface area contributed by atoms with E-state index in [1.165, 1.54) is 24.3 Å². The molecule has 0 amide bonds. The molecule has 7 heteroatoms. The first-order valence-corrected chi connectivity index (χ1v) is 7.97. The Bertz CT molecular complexity index is 718. The van der Waals surface area contributed by atoms with Crippen molar-refractivity contribution < 1.29 is 8.42 Å². The minimum atomic E-state index is -3.74. The largest absolute Gasteiger partial charge is 0.219 e. The molecule has 0 aromatic heterocycles. The molecule has 0 N–H and O–H groups in total. The van der Waals surface area contributed by atoms with Gasteiger partial charge in [-0.1, -0.05) is 52.5 Å². The lowest BCUT2D eigenvalue weighted by atomic mass is 10.3. The van der Waals surface area contributed by atoms with Crippen molar-refractivity contribution in [3.63, 3.8) is 0 Å². The second-order valence-electron chi connectivity index (χ2n) is 3.66. The van der Waals surface area contributed by atoms with Gasteiger partial charge in [0.05, 0.1) is 24.9 Å². The van der Waals surface area contributed by atoms with E-state index in [1.807, 2.05) is 0 Å². The minimum absolute atomic E-state index is 0.0332. The molecule has 2 rings (SSSR count). The van der Waals surface area contributed by atoms with Gasteiger partial charge in [-0.25, -0.2) is 8.42 Å². The highest BCUT2D eigenvalue weighted by Crippen LogP contribution is 2.34. The first-order valence-electron chi connectivity index (χ1n) is 4.97. The summed E-state index contributed by atoms with van der Waals surface area (Å²) in [6.07, 6.45) is 0. The summed E-state index contributed by atoms with van der Waals surface area (Å²) >= 11 is 23.3. The molecule has 0 aliphatic heterocycles. The Balaban J connectivity index is 2.64. The first-order chi connectivity index (χ1) is 8.82. The lowest BCUT2D eigenvalue weighted by molar-refractivity contribution is 0.596. The lowest BCUT2D eigenvalue weighted by Gasteiger charge is -2.07. The number of hydrogen-bond donors (Lipinski definition) is 0. The van der Waals surface area contributed by atoms with Crippen LogP contribution in [0.3, 0.4) is 0 Å². The van der Waals surface area contributed by atoms with Crippen molar-refractivity contribution in [2.24, 2.45) is 0 Å². The van der Waals surface area contributed by atoms with E-state index in [4.69, 9.17) is 46.4 Å². The molecule has 0 heterocycles. The van der Waals surface area contributed by atoms with Crippen LogP contribution in [-0.2, 0) is 9.84 Å². The maximum absolute atomic E-state index is 12.4. The fraction of sp³-hybridized carbons (Fsp3) is 0. The van der Waals surface area contributed by atoms with Gasteiger partial charge in [0, 0.05) is 5.02 Å². The Morgan fingerprint density at radius 1 is 0.789 bits per heavy atom. The molecule has 0 aliphatic carbocycles. The zero-order valence-electron chi connectivity index (χ0n) is 9.20. The molecule has 19 heavy (non-hydrogen) atoms. The van der Waals surface area contributed by atoms with Gasteiger partial charge in [-0.2, -0.15) is 0 Å². The quantitative estimate of drug-likeness (QED) is 0.699. The third-order valence-electron chi connectivity index (χ3n) is 2.37. The normalized spacial score (nSPS) is 11.6. The summed E-state index contributed by atoms with van der Waals surface area (Å²) < 4.78 is 24.8. The van der Waals surface area contributed by atoms with Crippen LogP contribution in [0.1, 0.15) is 0 Å². The SMILES string of the molecule is O=S(=O)(c1cccc(Cl)c1)c1cc(Cl)c(Cl)c(Cl)c1. The summed E-state index contributed by atoms with van der Waals surface area (Å²) in [7, 11) is -3.74. The number of rotatable bonds is 2. The van der Waals surface area contributed by atoms with Crippen LogP contribution in [0.2, 0.25) is 20.1 Å². The Kier molecular flexibility index (Phi) is 4.33. The third kappa shape index (κ3) is 3.01. The van der Waals surface area contributed by atoms with Gasteiger partial charge >= 0.3 is 0 Å². The number of halogens is 4. The summed E-state index contributed by atoms with van der Waals surface area (Å²) in [5.41, 5.74) is 0. The first kappa shape index (κ1) is 14.9. The molecule has 2 aromatic carbocycles. The summed E-state index contributed by atoms with van der Waals surface area (Å²) in [6, 6.07) is 8.44. The van der Waals surface area contributed by atoms with E-state index in [0.717, 1.165) is 0 Å². The Labute approximate surface area is 130 Å². The van der Waals surface area contributed by atoms with Gasteiger partial charge in [-0.05, 0) is 30.3 Å². The number of benzene rings is 2. The van der Waals surface area contributed by atoms with E-state index in [9.17, 15) is 8.42 Å². The predicted octanol–water partition coefficient (Wildman–Crippen LogP) is 5.13. The molecule has 2 aromatic rings. The van der Waals surface area contributed by atoms with Crippen LogP contribution in [0.15, 0.2) is 46.2 Å². The van der Waals surface area contributed by atoms with E-state index in [0.29, 0.717) is 5.02 Å². The molecule has 0 radical (unpaired) electrons. The molecule has 0 atom stereocenters. The van der Waals surface area contributed by atoms with E-state index in [-0.39, 0.29) is 24.9 Å². The van der Waals surface area contributed by atoms with Crippen molar-refractivity contribution in [2.45, 2.75) is 9.79 Å². The smallest absolute Gasteiger partial charge is 0.206 e. The van der Waals surface area contributed by atoms with Gasteiger partial charge in [0.1, 0.15) is 0 Å². The fourth-order valence-electron chi connectivity index (χ4n) is 1.46. The maximum atomic E-state index is 12.4. The third-order valence-corrected chi connectivity index (χ3v) is 5.54. The highest BCUT2D eigenvalue weighted by Gasteiger charge is 2.20. The molecular weight excluding hydrogens is 350 g/mol. The van der Waals surface area contributed by atoms with Crippen molar-refractivity contribution in [2.75, 3.05) is 0 Å². The van der Waals surface area contributed by atoms with E-state index in [1.54, 1.807) is 12.1 Å². The molecule has 0 aliphatic rings. The van der Waals surface area contributed by atoms with Crippen LogP contribution in [-0.4, -0.2) is 8.42 Å². The number of sulfone groups is 1. The molecule has 0 saturated heterocycles. The summed E-state index contributed by atoms with van der Waals surface area (Å²) in [5, 5.41) is 0.602. The summed E-state index contributed by atoms with van der Waals surface area (Å²) in [6.45, 7) is 0. The van der Waals surface area contributed by atoms with Gasteiger partial charge in [0.2, 0.25) is 9.84 Å². The van der Waals surface area contributed by atoms with Crippen molar-refractivity contribution in [1.29, 1.82) is 0 Å². The molecule has 100 valence electrons. The van der Waals surface area contributed by atoms with Gasteiger partial charge in [-0.15, -0.1) is 0 Å². The van der Waals surface area contributed by atoms with Crippen LogP contribution in [0.25, 0.3) is 0 Å². The molecule has 0 bridgehead atoms. The van der Waals surface area contributed by atoms with Crippen LogP contribution < -0.4 is 0 Å². The van der Waals surface area contributed by atoms with E-state index >= 15 is 0 Å². The zero-order valence-corrected chi connectivity index (χ0v) is 13.0. The average molecular weight is 356 g/mol. The van der Waals surface area contributed by atoms with Crippen molar-refractivity contribution in [1.82, 2.24) is 0 Å². The van der Waals surface area contributed by atoms with Gasteiger partial charge < -0.3 is 0 Å². The average Bonchev–Trinajstić information content (AvgIpc) is 2.35. The minimum Gasteiger partial charge on any atom is -0.219 e. The molecule has 0 fully saturated rings. The number of hydrogen-bond acceptors (Lipinski definition) is 2. The highest BCUT2D eigenvalue weighted by molar-refractivity contribution is 7.91. The summed E-state index contributed by atoms with van der Waals surface area (Å²) in [4.78, 5) is 0.0311. The van der Waals surface area contributed by atoms with Crippen LogP contribution >= 0.6 is 46.4 Å². The molecule has 0 unspecified atom stereocenters. The molecule has 0 saturated carbocycles. The fourth-order valence-corrected chi connectivity index (χ4v) is 3.80. The molecule has 2 nitrogen and oxygen atoms in total. The maximum Gasteiger partial charge on any atom is 0.206 e. The van der Waals surface area contributed by atoms with Crippen LogP contribution in [0, 0.1) is 0 Å². The monoisotopic (exact) mass is 354 g/mol. The molecule has 0 spiro atoms. The second-order valence-corrected chi connectivity index (χ2v) is 7.24. The predicted molar refractivity (Wildman–Crippen MR) is 78.4 cm³/mol. The van der Waals surface area contributed by atoms with Crippen LogP contribution in [0.4, 0.5) is 0 Å². The van der Waals surface area contributed by atoms with Crippen LogP contribution in [0.5, 0.6) is 0 Å². The second kappa shape index (κ2) is 5.51. The summed E-state index contributed by atoms with van der Waals surface area (Å²) in [5.74, 6) is 0. The lowest BCUT2D eigenvalue weighted by Crippen LogP contribution is -2.02. The van der Waals surface area contributed by atoms with Crippen molar-refractivity contribution in [3.05, 3.63) is 56.5 Å². The molecular formula is C12H6Cl4O2S. The van der Waals surface area contributed by atoms with Crippen molar-refractivity contribution >= 4 is 56.2 Å². The van der Waals surface area contributed by atoms with Crippen molar-refractivity contribution in [3.8, 4) is 0 Å².